The van der Waals surface area contributed by atoms with E-state index in [1.54, 1.807) is 0 Å². The van der Waals surface area contributed by atoms with E-state index >= 15 is 0 Å². The van der Waals surface area contributed by atoms with E-state index in [0.717, 1.165) is 10.0 Å². The number of benzene rings is 2. The van der Waals surface area contributed by atoms with Gasteiger partial charge in [-0.3, -0.25) is 9.59 Å². The fourth-order valence-electron chi connectivity index (χ4n) is 1.77. The number of Topliss-reactive ketones (excluding diaryl/α,β-unsaturated/α-hetero) is 1. The molecule has 108 valence electrons. The Kier molecular flexibility index (Phi) is 5.22. The fraction of sp³-hybridized carbons (Fsp3) is 0.125. The van der Waals surface area contributed by atoms with Crippen LogP contribution < -0.4 is 5.32 Å². The van der Waals surface area contributed by atoms with Gasteiger partial charge in [-0.05, 0) is 42.0 Å². The standard InChI is InChI=1S/C16H13BrFNO2/c17-13-5-1-11(2-6-13)9-16(21)19-10-15(20)12-3-7-14(18)8-4-12/h1-8H,9-10H2,(H,19,21). The Morgan fingerprint density at radius 3 is 2.24 bits per heavy atom. The molecule has 0 aliphatic rings. The van der Waals surface area contributed by atoms with Crippen LogP contribution in [0.5, 0.6) is 0 Å². The Morgan fingerprint density at radius 2 is 1.62 bits per heavy atom. The van der Waals surface area contributed by atoms with E-state index in [9.17, 15) is 14.0 Å². The molecule has 0 fully saturated rings. The Balaban J connectivity index is 1.84. The number of hydrogen-bond donors (Lipinski definition) is 1. The van der Waals surface area contributed by atoms with Gasteiger partial charge in [-0.1, -0.05) is 28.1 Å². The number of amides is 1. The molecule has 0 spiro atoms. The minimum absolute atomic E-state index is 0.0962. The van der Waals surface area contributed by atoms with E-state index in [-0.39, 0.29) is 24.7 Å². The summed E-state index contributed by atoms with van der Waals surface area (Å²) < 4.78 is 13.7. The van der Waals surface area contributed by atoms with E-state index < -0.39 is 5.82 Å². The van der Waals surface area contributed by atoms with Crippen molar-refractivity contribution in [2.75, 3.05) is 6.54 Å². The monoisotopic (exact) mass is 349 g/mol. The Hall–Kier alpha value is -2.01. The van der Waals surface area contributed by atoms with Crippen molar-refractivity contribution in [3.05, 3.63) is 69.9 Å². The molecule has 3 nitrogen and oxygen atoms in total. The first-order valence-electron chi connectivity index (χ1n) is 6.34. The zero-order valence-corrected chi connectivity index (χ0v) is 12.7. The lowest BCUT2D eigenvalue weighted by atomic mass is 10.1. The van der Waals surface area contributed by atoms with Gasteiger partial charge in [0.15, 0.2) is 5.78 Å². The average Bonchev–Trinajstić information content (AvgIpc) is 2.48. The topological polar surface area (TPSA) is 46.2 Å². The van der Waals surface area contributed by atoms with Crippen LogP contribution in [0.4, 0.5) is 4.39 Å². The van der Waals surface area contributed by atoms with Crippen molar-refractivity contribution in [3.63, 3.8) is 0 Å². The van der Waals surface area contributed by atoms with Gasteiger partial charge >= 0.3 is 0 Å². The lowest BCUT2D eigenvalue weighted by Crippen LogP contribution is -2.30. The van der Waals surface area contributed by atoms with Gasteiger partial charge in [0.05, 0.1) is 13.0 Å². The highest BCUT2D eigenvalue weighted by molar-refractivity contribution is 9.10. The van der Waals surface area contributed by atoms with Crippen molar-refractivity contribution in [1.29, 1.82) is 0 Å². The summed E-state index contributed by atoms with van der Waals surface area (Å²) in [7, 11) is 0. The van der Waals surface area contributed by atoms with Crippen LogP contribution in [0.2, 0.25) is 0 Å². The van der Waals surface area contributed by atoms with Crippen LogP contribution in [-0.2, 0) is 11.2 Å². The second-order valence-electron chi connectivity index (χ2n) is 4.51. The lowest BCUT2D eigenvalue weighted by Gasteiger charge is -2.05. The Labute approximate surface area is 130 Å². The van der Waals surface area contributed by atoms with Gasteiger partial charge in [0, 0.05) is 10.0 Å². The highest BCUT2D eigenvalue weighted by Crippen LogP contribution is 2.10. The molecule has 0 heterocycles. The molecule has 0 atom stereocenters. The summed E-state index contributed by atoms with van der Waals surface area (Å²) in [6.07, 6.45) is 0.212. The quantitative estimate of drug-likeness (QED) is 0.843. The van der Waals surface area contributed by atoms with E-state index in [4.69, 9.17) is 0 Å². The predicted molar refractivity (Wildman–Crippen MR) is 81.6 cm³/mol. The van der Waals surface area contributed by atoms with E-state index in [2.05, 4.69) is 21.2 Å². The summed E-state index contributed by atoms with van der Waals surface area (Å²) in [5.41, 5.74) is 1.24. The highest BCUT2D eigenvalue weighted by Gasteiger charge is 2.09. The molecule has 0 unspecified atom stereocenters. The van der Waals surface area contributed by atoms with Gasteiger partial charge in [0.2, 0.25) is 5.91 Å². The maximum atomic E-state index is 12.8. The molecule has 21 heavy (non-hydrogen) atoms. The zero-order chi connectivity index (χ0) is 15.2. The summed E-state index contributed by atoms with van der Waals surface area (Å²) >= 11 is 3.32. The van der Waals surface area contributed by atoms with Crippen molar-refractivity contribution >= 4 is 27.6 Å². The second kappa shape index (κ2) is 7.13. The molecular weight excluding hydrogens is 337 g/mol. The van der Waals surface area contributed by atoms with Gasteiger partial charge in [0.1, 0.15) is 5.82 Å². The molecule has 0 radical (unpaired) electrons. The van der Waals surface area contributed by atoms with Crippen LogP contribution in [0, 0.1) is 5.82 Å². The van der Waals surface area contributed by atoms with Crippen LogP contribution in [-0.4, -0.2) is 18.2 Å². The number of hydrogen-bond acceptors (Lipinski definition) is 2. The summed E-state index contributed by atoms with van der Waals surface area (Å²) in [6.45, 7) is -0.0962. The first-order valence-corrected chi connectivity index (χ1v) is 7.14. The molecular formula is C16H13BrFNO2. The van der Waals surface area contributed by atoms with Crippen molar-refractivity contribution in [1.82, 2.24) is 5.32 Å². The summed E-state index contributed by atoms with van der Waals surface area (Å²) in [4.78, 5) is 23.6. The largest absolute Gasteiger partial charge is 0.348 e. The van der Waals surface area contributed by atoms with Gasteiger partial charge in [-0.25, -0.2) is 4.39 Å². The Morgan fingerprint density at radius 1 is 1.00 bits per heavy atom. The molecule has 1 amide bonds. The van der Waals surface area contributed by atoms with Crippen molar-refractivity contribution in [2.45, 2.75) is 6.42 Å². The first-order chi connectivity index (χ1) is 10.0. The maximum absolute atomic E-state index is 12.8. The number of rotatable bonds is 5. The molecule has 2 aromatic rings. The zero-order valence-electron chi connectivity index (χ0n) is 11.1. The van der Waals surface area contributed by atoms with E-state index in [0.29, 0.717) is 5.56 Å². The van der Waals surface area contributed by atoms with Crippen LogP contribution in [0.25, 0.3) is 0 Å². The van der Waals surface area contributed by atoms with Crippen molar-refractivity contribution in [2.24, 2.45) is 0 Å². The van der Waals surface area contributed by atoms with Crippen LogP contribution in [0.3, 0.4) is 0 Å². The van der Waals surface area contributed by atoms with Crippen LogP contribution >= 0.6 is 15.9 Å². The van der Waals surface area contributed by atoms with Gasteiger partial charge in [0.25, 0.3) is 0 Å². The number of ketones is 1. The first kappa shape index (κ1) is 15.4. The molecule has 0 aliphatic heterocycles. The number of carbonyl (C=O) groups is 2. The number of halogens is 2. The van der Waals surface area contributed by atoms with Crippen molar-refractivity contribution in [3.8, 4) is 0 Å². The van der Waals surface area contributed by atoms with Gasteiger partial charge < -0.3 is 5.32 Å². The SMILES string of the molecule is O=C(Cc1ccc(Br)cc1)NCC(=O)c1ccc(F)cc1. The number of nitrogens with one attached hydrogen (secondary N) is 1. The van der Waals surface area contributed by atoms with Crippen LogP contribution in [0.1, 0.15) is 15.9 Å². The third-order valence-electron chi connectivity index (χ3n) is 2.89. The molecule has 0 saturated heterocycles. The van der Waals surface area contributed by atoms with Crippen LogP contribution in [0.15, 0.2) is 53.0 Å². The smallest absolute Gasteiger partial charge is 0.224 e. The summed E-state index contributed by atoms with van der Waals surface area (Å²) in [5.74, 6) is -0.877. The Bertz CT molecular complexity index is 638. The minimum Gasteiger partial charge on any atom is -0.348 e. The molecule has 0 saturated carbocycles. The van der Waals surface area contributed by atoms with Gasteiger partial charge in [-0.15, -0.1) is 0 Å². The molecule has 2 rings (SSSR count). The molecule has 0 aromatic heterocycles. The predicted octanol–water partition coefficient (Wildman–Crippen LogP) is 3.13. The third-order valence-corrected chi connectivity index (χ3v) is 3.42. The molecule has 0 bridgehead atoms. The summed E-state index contributed by atoms with van der Waals surface area (Å²) in [6, 6.07) is 12.6. The van der Waals surface area contributed by atoms with E-state index in [1.165, 1.54) is 24.3 Å². The lowest BCUT2D eigenvalue weighted by molar-refractivity contribution is -0.120. The second-order valence-corrected chi connectivity index (χ2v) is 5.43. The molecule has 0 aliphatic carbocycles. The van der Waals surface area contributed by atoms with Crippen molar-refractivity contribution < 1.29 is 14.0 Å². The average molecular weight is 350 g/mol. The molecule has 5 heteroatoms. The fourth-order valence-corrected chi connectivity index (χ4v) is 2.03. The number of carbonyl (C=O) groups excluding carboxylic acids is 2. The third kappa shape index (κ3) is 4.79. The molecule has 1 N–H and O–H groups in total. The van der Waals surface area contributed by atoms with Gasteiger partial charge in [-0.2, -0.15) is 0 Å². The molecule has 2 aromatic carbocycles. The maximum Gasteiger partial charge on any atom is 0.224 e. The van der Waals surface area contributed by atoms with E-state index in [1.807, 2.05) is 24.3 Å². The minimum atomic E-state index is -0.397. The highest BCUT2D eigenvalue weighted by atomic mass is 79.9. The normalized spacial score (nSPS) is 10.2. The summed E-state index contributed by atoms with van der Waals surface area (Å²) in [5, 5.41) is 2.56.